The largest absolute Gasteiger partial charge is 0.353 e. The number of aromatic nitrogens is 2. The van der Waals surface area contributed by atoms with Crippen LogP contribution in [0.1, 0.15) is 29.5 Å². The average Bonchev–Trinajstić information content (AvgIpc) is 3.20. The van der Waals surface area contributed by atoms with Crippen LogP contribution in [0, 0.1) is 0 Å². The Hall–Kier alpha value is -2.55. The quantitative estimate of drug-likeness (QED) is 0.723. The van der Waals surface area contributed by atoms with Crippen LogP contribution in [0.2, 0.25) is 5.15 Å². The Labute approximate surface area is 186 Å². The van der Waals surface area contributed by atoms with Gasteiger partial charge in [-0.05, 0) is 35.2 Å². The van der Waals surface area contributed by atoms with E-state index in [1.807, 2.05) is 6.07 Å². The molecule has 0 spiro atoms. The molecular weight excluding hydrogens is 416 g/mol. The maximum absolute atomic E-state index is 12.3. The second-order valence-electron chi connectivity index (χ2n) is 8.40. The summed E-state index contributed by atoms with van der Waals surface area (Å²) in [7, 11) is 0. The lowest BCUT2D eigenvalue weighted by Crippen LogP contribution is -2.50. The zero-order valence-corrected chi connectivity index (χ0v) is 18.0. The zero-order chi connectivity index (χ0) is 21.4. The summed E-state index contributed by atoms with van der Waals surface area (Å²) < 4.78 is 0. The standard InChI is InChI=1S/C22H25ClN6O2/c23-19-5-6-20(26-25-19)28-10-8-27(9-11-28)12-15-2-1-3-16-13-29(14-17(15)16)18-4-7-21(30)24-22(18)31/h1-3,5-6,18H,4,7-14H2,(H,24,30,31). The number of piperazine rings is 1. The highest BCUT2D eigenvalue weighted by molar-refractivity contribution is 6.29. The van der Waals surface area contributed by atoms with E-state index in [0.717, 1.165) is 51.6 Å². The van der Waals surface area contributed by atoms with Crippen LogP contribution in [-0.4, -0.2) is 64.0 Å². The van der Waals surface area contributed by atoms with Crippen molar-refractivity contribution in [2.75, 3.05) is 31.1 Å². The molecule has 31 heavy (non-hydrogen) atoms. The Morgan fingerprint density at radius 2 is 1.87 bits per heavy atom. The molecule has 8 nitrogen and oxygen atoms in total. The Morgan fingerprint density at radius 1 is 1.03 bits per heavy atom. The van der Waals surface area contributed by atoms with Gasteiger partial charge in [0.2, 0.25) is 11.8 Å². The maximum Gasteiger partial charge on any atom is 0.243 e. The SMILES string of the molecule is O=C1CCC(N2Cc3cccc(CN4CCN(c5ccc(Cl)nn5)CC4)c3C2)C(=O)N1. The number of piperidine rings is 1. The molecule has 1 atom stereocenters. The molecule has 4 heterocycles. The zero-order valence-electron chi connectivity index (χ0n) is 17.3. The van der Waals surface area contributed by atoms with Crippen LogP contribution in [0.5, 0.6) is 0 Å². The fourth-order valence-electron chi connectivity index (χ4n) is 4.77. The highest BCUT2D eigenvalue weighted by atomic mass is 35.5. The van der Waals surface area contributed by atoms with Gasteiger partial charge in [0.15, 0.2) is 11.0 Å². The molecule has 1 N–H and O–H groups in total. The molecule has 2 saturated heterocycles. The second kappa shape index (κ2) is 8.53. The van der Waals surface area contributed by atoms with E-state index in [1.54, 1.807) is 6.07 Å². The van der Waals surface area contributed by atoms with Gasteiger partial charge in [-0.25, -0.2) is 0 Å². The Kier molecular flexibility index (Phi) is 5.60. The molecule has 0 aliphatic carbocycles. The van der Waals surface area contributed by atoms with E-state index in [4.69, 9.17) is 11.6 Å². The van der Waals surface area contributed by atoms with E-state index in [9.17, 15) is 9.59 Å². The van der Waals surface area contributed by atoms with E-state index >= 15 is 0 Å². The first-order valence-corrected chi connectivity index (χ1v) is 11.1. The lowest BCUT2D eigenvalue weighted by atomic mass is 10.0. The fourth-order valence-corrected chi connectivity index (χ4v) is 4.87. The van der Waals surface area contributed by atoms with E-state index in [-0.39, 0.29) is 17.9 Å². The van der Waals surface area contributed by atoms with Crippen LogP contribution in [0.15, 0.2) is 30.3 Å². The minimum Gasteiger partial charge on any atom is -0.353 e. The predicted octanol–water partition coefficient (Wildman–Crippen LogP) is 1.57. The van der Waals surface area contributed by atoms with Gasteiger partial charge < -0.3 is 4.90 Å². The third kappa shape index (κ3) is 4.28. The molecule has 1 aromatic heterocycles. The molecular formula is C22H25ClN6O2. The summed E-state index contributed by atoms with van der Waals surface area (Å²) in [6.07, 6.45) is 1.02. The van der Waals surface area contributed by atoms with Crippen LogP contribution in [-0.2, 0) is 29.2 Å². The number of hydrogen-bond donors (Lipinski definition) is 1. The van der Waals surface area contributed by atoms with Crippen molar-refractivity contribution in [1.82, 2.24) is 25.3 Å². The van der Waals surface area contributed by atoms with Crippen LogP contribution < -0.4 is 10.2 Å². The van der Waals surface area contributed by atoms with Gasteiger partial charge in [0, 0.05) is 52.2 Å². The normalized spacial score (nSPS) is 22.5. The monoisotopic (exact) mass is 440 g/mol. The molecule has 2 amide bonds. The number of hydrogen-bond acceptors (Lipinski definition) is 7. The van der Waals surface area contributed by atoms with Gasteiger partial charge in [-0.2, -0.15) is 0 Å². The van der Waals surface area contributed by atoms with E-state index in [2.05, 4.69) is 48.4 Å². The van der Waals surface area contributed by atoms with Crippen molar-refractivity contribution in [2.45, 2.75) is 38.5 Å². The maximum atomic E-state index is 12.3. The molecule has 5 rings (SSSR count). The first-order valence-electron chi connectivity index (χ1n) is 10.7. The number of nitrogens with zero attached hydrogens (tertiary/aromatic N) is 5. The first kappa shape index (κ1) is 20.4. The number of anilines is 1. The van der Waals surface area contributed by atoms with Crippen molar-refractivity contribution in [2.24, 2.45) is 0 Å². The van der Waals surface area contributed by atoms with Gasteiger partial charge in [0.05, 0.1) is 6.04 Å². The number of nitrogens with one attached hydrogen (secondary N) is 1. The molecule has 3 aliphatic rings. The van der Waals surface area contributed by atoms with Gasteiger partial charge >= 0.3 is 0 Å². The molecule has 9 heteroatoms. The molecule has 0 radical (unpaired) electrons. The third-order valence-electron chi connectivity index (χ3n) is 6.46. The number of rotatable bonds is 4. The van der Waals surface area contributed by atoms with Gasteiger partial charge in [0.1, 0.15) is 0 Å². The Morgan fingerprint density at radius 3 is 2.61 bits per heavy atom. The molecule has 0 bridgehead atoms. The summed E-state index contributed by atoms with van der Waals surface area (Å²) in [6.45, 7) is 6.11. The number of imide groups is 1. The fraction of sp³-hybridized carbons (Fsp3) is 0.455. The van der Waals surface area contributed by atoms with Gasteiger partial charge in [0.25, 0.3) is 0 Å². The topological polar surface area (TPSA) is 81.7 Å². The van der Waals surface area contributed by atoms with Crippen LogP contribution in [0.4, 0.5) is 5.82 Å². The lowest BCUT2D eigenvalue weighted by molar-refractivity contribution is -0.137. The van der Waals surface area contributed by atoms with Gasteiger partial charge in [-0.1, -0.05) is 29.8 Å². The van der Waals surface area contributed by atoms with Crippen molar-refractivity contribution in [3.05, 3.63) is 52.2 Å². The molecule has 2 aromatic rings. The molecule has 2 fully saturated rings. The number of fused-ring (bicyclic) bond motifs is 1. The molecule has 1 aromatic carbocycles. The van der Waals surface area contributed by atoms with E-state index in [1.165, 1.54) is 16.7 Å². The van der Waals surface area contributed by atoms with Crippen molar-refractivity contribution in [3.63, 3.8) is 0 Å². The van der Waals surface area contributed by atoms with Crippen molar-refractivity contribution >= 4 is 29.2 Å². The van der Waals surface area contributed by atoms with E-state index < -0.39 is 0 Å². The second-order valence-corrected chi connectivity index (χ2v) is 8.79. The van der Waals surface area contributed by atoms with Crippen molar-refractivity contribution in [3.8, 4) is 0 Å². The third-order valence-corrected chi connectivity index (χ3v) is 6.67. The molecule has 1 unspecified atom stereocenters. The predicted molar refractivity (Wildman–Crippen MR) is 116 cm³/mol. The Balaban J connectivity index is 1.22. The Bertz CT molecular complexity index is 990. The summed E-state index contributed by atoms with van der Waals surface area (Å²) >= 11 is 5.84. The highest BCUT2D eigenvalue weighted by Gasteiger charge is 2.35. The van der Waals surface area contributed by atoms with E-state index in [0.29, 0.717) is 18.0 Å². The van der Waals surface area contributed by atoms with Crippen molar-refractivity contribution < 1.29 is 9.59 Å². The van der Waals surface area contributed by atoms with Crippen LogP contribution in [0.25, 0.3) is 0 Å². The van der Waals surface area contributed by atoms with Gasteiger partial charge in [-0.15, -0.1) is 10.2 Å². The summed E-state index contributed by atoms with van der Waals surface area (Å²) in [4.78, 5) is 30.7. The number of amides is 2. The summed E-state index contributed by atoms with van der Waals surface area (Å²) in [5.41, 5.74) is 3.95. The average molecular weight is 441 g/mol. The minimum atomic E-state index is -0.220. The molecule has 162 valence electrons. The summed E-state index contributed by atoms with van der Waals surface area (Å²) in [5, 5.41) is 11.0. The summed E-state index contributed by atoms with van der Waals surface area (Å²) in [5.74, 6) is 0.541. The number of benzene rings is 1. The number of halogens is 1. The van der Waals surface area contributed by atoms with Crippen LogP contribution >= 0.6 is 11.6 Å². The number of carbonyl (C=O) groups excluding carboxylic acids is 2. The minimum absolute atomic E-state index is 0.160. The molecule has 3 aliphatic heterocycles. The number of carbonyl (C=O) groups is 2. The summed E-state index contributed by atoms with van der Waals surface area (Å²) in [6, 6.07) is 9.94. The van der Waals surface area contributed by atoms with Gasteiger partial charge in [-0.3, -0.25) is 24.7 Å². The lowest BCUT2D eigenvalue weighted by Gasteiger charge is -2.35. The van der Waals surface area contributed by atoms with Crippen LogP contribution in [0.3, 0.4) is 0 Å². The molecule has 0 saturated carbocycles. The van der Waals surface area contributed by atoms with Crippen molar-refractivity contribution in [1.29, 1.82) is 0 Å². The first-order chi connectivity index (χ1) is 15.1. The smallest absolute Gasteiger partial charge is 0.243 e. The highest BCUT2D eigenvalue weighted by Crippen LogP contribution is 2.30.